The zero-order valence-corrected chi connectivity index (χ0v) is 11.0. The van der Waals surface area contributed by atoms with Crippen LogP contribution in [0, 0.1) is 5.92 Å². The predicted octanol–water partition coefficient (Wildman–Crippen LogP) is 3.72. The monoisotopic (exact) mass is 257 g/mol. The lowest BCUT2D eigenvalue weighted by molar-refractivity contribution is -0.117. The summed E-state index contributed by atoms with van der Waals surface area (Å²) in [6, 6.07) is 10.2. The Kier molecular flexibility index (Phi) is 3.24. The number of carbonyl (C=O) groups is 1. The average Bonchev–Trinajstić information content (AvgIpc) is 3.01. The van der Waals surface area contributed by atoms with Crippen LogP contribution in [0.1, 0.15) is 24.3 Å². The Labute approximate surface area is 111 Å². The van der Waals surface area contributed by atoms with Gasteiger partial charge in [-0.2, -0.15) is 0 Å². The van der Waals surface area contributed by atoms with Crippen LogP contribution in [-0.4, -0.2) is 10.8 Å². The molecule has 2 nitrogen and oxygen atoms in total. The molecule has 0 radical (unpaired) electrons. The van der Waals surface area contributed by atoms with E-state index in [1.165, 1.54) is 5.56 Å². The number of thiazole rings is 1. The number of nitrogens with zero attached hydrogens (tertiary/aromatic N) is 1. The van der Waals surface area contributed by atoms with E-state index >= 15 is 0 Å². The second kappa shape index (κ2) is 5.02. The Bertz CT molecular complexity index is 547. The molecule has 0 N–H and O–H groups in total. The molecule has 0 aliphatic heterocycles. The molecule has 1 fully saturated rings. The molecule has 3 rings (SSSR count). The molecule has 92 valence electrons. The largest absolute Gasteiger partial charge is 0.300 e. The van der Waals surface area contributed by atoms with Crippen molar-refractivity contribution in [1.29, 1.82) is 0 Å². The minimum Gasteiger partial charge on any atom is -0.300 e. The zero-order chi connectivity index (χ0) is 12.4. The molecule has 1 aromatic carbocycles. The van der Waals surface area contributed by atoms with Crippen LogP contribution in [0.25, 0.3) is 11.3 Å². The summed E-state index contributed by atoms with van der Waals surface area (Å²) in [6.45, 7) is 0. The summed E-state index contributed by atoms with van der Waals surface area (Å²) in [6.07, 6.45) is 3.52. The molecule has 0 saturated heterocycles. The van der Waals surface area contributed by atoms with E-state index < -0.39 is 0 Å². The van der Waals surface area contributed by atoms with Gasteiger partial charge in [-0.1, -0.05) is 30.3 Å². The number of benzene rings is 1. The van der Waals surface area contributed by atoms with E-state index in [0.29, 0.717) is 11.7 Å². The number of aromatic nitrogens is 1. The SMILES string of the molecule is O=C1CCC(Cc2nc(-c3ccccc3)cs2)C1. The normalized spacial score (nSPS) is 19.3. The van der Waals surface area contributed by atoms with E-state index in [2.05, 4.69) is 22.5 Å². The molecule has 0 bridgehead atoms. The fraction of sp³-hybridized carbons (Fsp3) is 0.333. The Morgan fingerprint density at radius 2 is 2.11 bits per heavy atom. The first-order valence-electron chi connectivity index (χ1n) is 6.33. The van der Waals surface area contributed by atoms with Crippen LogP contribution in [-0.2, 0) is 11.2 Å². The molecule has 1 saturated carbocycles. The zero-order valence-electron chi connectivity index (χ0n) is 10.1. The van der Waals surface area contributed by atoms with Crippen molar-refractivity contribution in [3.05, 3.63) is 40.7 Å². The van der Waals surface area contributed by atoms with Gasteiger partial charge in [-0.05, 0) is 12.3 Å². The third kappa shape index (κ3) is 2.51. The third-order valence-corrected chi connectivity index (χ3v) is 4.30. The molecule has 1 atom stereocenters. The second-order valence-corrected chi connectivity index (χ2v) is 5.79. The fourth-order valence-corrected chi connectivity index (χ4v) is 3.38. The van der Waals surface area contributed by atoms with Crippen molar-refractivity contribution in [2.24, 2.45) is 5.92 Å². The number of hydrogen-bond donors (Lipinski definition) is 0. The lowest BCUT2D eigenvalue weighted by Crippen LogP contribution is -1.99. The van der Waals surface area contributed by atoms with Crippen molar-refractivity contribution in [3.8, 4) is 11.3 Å². The van der Waals surface area contributed by atoms with E-state index in [1.807, 2.05) is 18.2 Å². The maximum Gasteiger partial charge on any atom is 0.133 e. The Balaban J connectivity index is 1.72. The van der Waals surface area contributed by atoms with Gasteiger partial charge in [0.1, 0.15) is 5.78 Å². The standard InChI is InChI=1S/C15H15NOS/c17-13-7-6-11(8-13)9-15-16-14(10-18-15)12-4-2-1-3-5-12/h1-5,10-11H,6-9H2. The molecule has 2 aromatic rings. The number of ketones is 1. The van der Waals surface area contributed by atoms with Crippen LogP contribution in [0.5, 0.6) is 0 Å². The van der Waals surface area contributed by atoms with E-state index in [0.717, 1.165) is 36.4 Å². The number of hydrogen-bond acceptors (Lipinski definition) is 3. The van der Waals surface area contributed by atoms with E-state index in [9.17, 15) is 4.79 Å². The molecule has 0 amide bonds. The molecule has 1 heterocycles. The highest BCUT2D eigenvalue weighted by atomic mass is 32.1. The first-order valence-corrected chi connectivity index (χ1v) is 7.21. The van der Waals surface area contributed by atoms with Crippen LogP contribution in [0.4, 0.5) is 0 Å². The van der Waals surface area contributed by atoms with Crippen LogP contribution in [0.2, 0.25) is 0 Å². The molecular formula is C15H15NOS. The van der Waals surface area contributed by atoms with Gasteiger partial charge in [0.15, 0.2) is 0 Å². The van der Waals surface area contributed by atoms with Gasteiger partial charge in [-0.15, -0.1) is 11.3 Å². The van der Waals surface area contributed by atoms with Crippen molar-refractivity contribution in [1.82, 2.24) is 4.98 Å². The van der Waals surface area contributed by atoms with E-state index in [1.54, 1.807) is 11.3 Å². The highest BCUT2D eigenvalue weighted by Crippen LogP contribution is 2.28. The summed E-state index contributed by atoms with van der Waals surface area (Å²) in [5, 5.41) is 3.27. The van der Waals surface area contributed by atoms with Crippen molar-refractivity contribution < 1.29 is 4.79 Å². The minimum absolute atomic E-state index is 0.417. The van der Waals surface area contributed by atoms with Crippen molar-refractivity contribution in [3.63, 3.8) is 0 Å². The van der Waals surface area contributed by atoms with Crippen LogP contribution in [0.15, 0.2) is 35.7 Å². The van der Waals surface area contributed by atoms with Gasteiger partial charge in [-0.25, -0.2) is 4.98 Å². The summed E-state index contributed by atoms with van der Waals surface area (Å²) in [4.78, 5) is 15.9. The number of Topliss-reactive ketones (excluding diaryl/α,β-unsaturated/α-hetero) is 1. The molecule has 1 aromatic heterocycles. The molecule has 1 aliphatic rings. The van der Waals surface area contributed by atoms with Crippen LogP contribution >= 0.6 is 11.3 Å². The van der Waals surface area contributed by atoms with Gasteiger partial charge in [0.25, 0.3) is 0 Å². The Morgan fingerprint density at radius 3 is 2.83 bits per heavy atom. The third-order valence-electron chi connectivity index (χ3n) is 3.43. The molecule has 0 spiro atoms. The molecule has 18 heavy (non-hydrogen) atoms. The molecule has 1 aliphatic carbocycles. The first-order chi connectivity index (χ1) is 8.81. The minimum atomic E-state index is 0.417. The summed E-state index contributed by atoms with van der Waals surface area (Å²) >= 11 is 1.71. The molecule has 1 unspecified atom stereocenters. The average molecular weight is 257 g/mol. The van der Waals surface area contributed by atoms with Crippen LogP contribution in [0.3, 0.4) is 0 Å². The van der Waals surface area contributed by atoms with Gasteiger partial charge in [0, 0.05) is 30.2 Å². The predicted molar refractivity (Wildman–Crippen MR) is 73.6 cm³/mol. The van der Waals surface area contributed by atoms with E-state index in [4.69, 9.17) is 0 Å². The number of carbonyl (C=O) groups excluding carboxylic acids is 1. The van der Waals surface area contributed by atoms with Gasteiger partial charge in [-0.3, -0.25) is 4.79 Å². The van der Waals surface area contributed by atoms with Gasteiger partial charge in [0.05, 0.1) is 10.7 Å². The van der Waals surface area contributed by atoms with Gasteiger partial charge < -0.3 is 0 Å². The van der Waals surface area contributed by atoms with Gasteiger partial charge in [0.2, 0.25) is 0 Å². The quantitative estimate of drug-likeness (QED) is 0.838. The van der Waals surface area contributed by atoms with Crippen molar-refractivity contribution in [2.75, 3.05) is 0 Å². The fourth-order valence-electron chi connectivity index (χ4n) is 2.46. The summed E-state index contributed by atoms with van der Waals surface area (Å²) < 4.78 is 0. The topological polar surface area (TPSA) is 30.0 Å². The second-order valence-electron chi connectivity index (χ2n) is 4.84. The smallest absolute Gasteiger partial charge is 0.133 e. The van der Waals surface area contributed by atoms with Crippen LogP contribution < -0.4 is 0 Å². The Morgan fingerprint density at radius 1 is 1.28 bits per heavy atom. The van der Waals surface area contributed by atoms with Crippen molar-refractivity contribution in [2.45, 2.75) is 25.7 Å². The maximum atomic E-state index is 11.3. The summed E-state index contributed by atoms with van der Waals surface area (Å²) in [7, 11) is 0. The van der Waals surface area contributed by atoms with E-state index in [-0.39, 0.29) is 0 Å². The summed E-state index contributed by atoms with van der Waals surface area (Å²) in [5.74, 6) is 0.937. The number of rotatable bonds is 3. The lowest BCUT2D eigenvalue weighted by atomic mass is 10.1. The highest BCUT2D eigenvalue weighted by Gasteiger charge is 2.23. The van der Waals surface area contributed by atoms with Crippen molar-refractivity contribution >= 4 is 17.1 Å². The first kappa shape index (κ1) is 11.6. The molecule has 3 heteroatoms. The molecular weight excluding hydrogens is 242 g/mol. The Hall–Kier alpha value is -1.48. The lowest BCUT2D eigenvalue weighted by Gasteiger charge is -2.03. The maximum absolute atomic E-state index is 11.3. The van der Waals surface area contributed by atoms with Gasteiger partial charge >= 0.3 is 0 Å². The highest BCUT2D eigenvalue weighted by molar-refractivity contribution is 7.09. The summed E-state index contributed by atoms with van der Waals surface area (Å²) in [5.41, 5.74) is 2.22.